The van der Waals surface area contributed by atoms with Gasteiger partial charge in [0.25, 0.3) is 4.69 Å². The quantitative estimate of drug-likeness (QED) is 0.289. The molecule has 0 bridgehead atoms. The molecule has 2 rings (SSSR count). The Morgan fingerprint density at radius 1 is 1.14 bits per heavy atom. The number of benzene rings is 1. The molecule has 0 radical (unpaired) electrons. The molecule has 1 atom stereocenters. The van der Waals surface area contributed by atoms with Gasteiger partial charge >= 0.3 is 0 Å². The zero-order chi connectivity index (χ0) is 15.8. The molecule has 0 amide bonds. The number of carbonyl (C=O) groups is 1. The van der Waals surface area contributed by atoms with Crippen LogP contribution >= 0.6 is 27.3 Å². The molecule has 0 saturated carbocycles. The van der Waals surface area contributed by atoms with Crippen LogP contribution in [0.4, 0.5) is 0 Å². The summed E-state index contributed by atoms with van der Waals surface area (Å²) in [5, 5.41) is 0. The van der Waals surface area contributed by atoms with Crippen LogP contribution in [0.15, 0.2) is 29.8 Å². The summed E-state index contributed by atoms with van der Waals surface area (Å²) in [6, 6.07) is 8.21. The van der Waals surface area contributed by atoms with Crippen LogP contribution in [0.25, 0.3) is 10.2 Å². The van der Waals surface area contributed by atoms with E-state index in [1.54, 1.807) is 11.3 Å². The highest BCUT2D eigenvalue weighted by atomic mass is 79.9. The summed E-state index contributed by atoms with van der Waals surface area (Å²) < 4.78 is 3.46. The molecule has 22 heavy (non-hydrogen) atoms. The molecule has 0 N–H and O–H groups in total. The first kappa shape index (κ1) is 17.6. The van der Waals surface area contributed by atoms with Gasteiger partial charge in [-0.2, -0.15) is 4.57 Å². The van der Waals surface area contributed by atoms with E-state index in [0.29, 0.717) is 0 Å². The normalized spacial score (nSPS) is 12.6. The molecule has 1 heterocycles. The maximum absolute atomic E-state index is 12.0. The Morgan fingerprint density at radius 2 is 1.82 bits per heavy atom. The third-order valence-electron chi connectivity index (χ3n) is 4.12. The number of hydrogen-bond donors (Lipinski definition) is 0. The number of thiazole rings is 1. The smallest absolute Gasteiger partial charge is 0.265 e. The molecule has 1 unspecified atom stereocenters. The van der Waals surface area contributed by atoms with E-state index in [1.807, 2.05) is 12.1 Å². The van der Waals surface area contributed by atoms with Crippen molar-refractivity contribution in [2.75, 3.05) is 0 Å². The SMILES string of the molecule is CCCCCCCCCC(C(=O)Br)[n+]1csc2ccccc21. The molecule has 1 aromatic carbocycles. The second-order valence-electron chi connectivity index (χ2n) is 5.83. The molecular weight excluding hydrogens is 358 g/mol. The molecule has 1 aromatic heterocycles. The van der Waals surface area contributed by atoms with E-state index < -0.39 is 0 Å². The number of nitrogens with zero attached hydrogens (tertiary/aromatic N) is 1. The fraction of sp³-hybridized carbons (Fsp3) is 0.556. The molecule has 0 aliphatic carbocycles. The lowest BCUT2D eigenvalue weighted by atomic mass is 10.1. The fourth-order valence-corrected chi connectivity index (χ4v) is 4.23. The van der Waals surface area contributed by atoms with Crippen LogP contribution in [-0.2, 0) is 4.79 Å². The fourth-order valence-electron chi connectivity index (χ4n) is 2.84. The number of halogens is 1. The van der Waals surface area contributed by atoms with Crippen molar-refractivity contribution in [2.24, 2.45) is 0 Å². The molecule has 2 nitrogen and oxygen atoms in total. The number of unbranched alkanes of at least 4 members (excludes halogenated alkanes) is 6. The van der Waals surface area contributed by atoms with Gasteiger partial charge in [-0.1, -0.05) is 68.9 Å². The molecule has 0 aliphatic rings. The van der Waals surface area contributed by atoms with Crippen LogP contribution in [0.3, 0.4) is 0 Å². The van der Waals surface area contributed by atoms with Crippen molar-refractivity contribution in [1.82, 2.24) is 0 Å². The molecule has 4 heteroatoms. The van der Waals surface area contributed by atoms with Crippen LogP contribution in [0.5, 0.6) is 0 Å². The highest BCUT2D eigenvalue weighted by Crippen LogP contribution is 2.22. The summed E-state index contributed by atoms with van der Waals surface area (Å²) in [6.45, 7) is 2.24. The van der Waals surface area contributed by atoms with E-state index in [-0.39, 0.29) is 10.7 Å². The summed E-state index contributed by atoms with van der Waals surface area (Å²) in [7, 11) is 0. The molecule has 120 valence electrons. The number of fused-ring (bicyclic) bond motifs is 1. The minimum Gasteiger partial charge on any atom is -0.279 e. The largest absolute Gasteiger partial charge is 0.279 e. The second kappa shape index (κ2) is 9.41. The third-order valence-corrected chi connectivity index (χ3v) is 5.58. The Morgan fingerprint density at radius 3 is 2.55 bits per heavy atom. The van der Waals surface area contributed by atoms with Crippen LogP contribution < -0.4 is 4.57 Å². The lowest BCUT2D eigenvalue weighted by Gasteiger charge is -2.07. The minimum atomic E-state index is -0.0770. The van der Waals surface area contributed by atoms with Gasteiger partial charge in [0, 0.05) is 12.5 Å². The average molecular weight is 383 g/mol. The first-order chi connectivity index (χ1) is 10.7. The van der Waals surface area contributed by atoms with Gasteiger partial charge in [0.1, 0.15) is 4.70 Å². The highest BCUT2D eigenvalue weighted by Gasteiger charge is 2.28. The standard InChI is InChI=1S/C18H25BrNOS/c1-2-3-4-5-6-7-8-12-16(18(19)21)20-14-22-17-13-10-9-11-15(17)20/h9-11,13-14,16H,2-8,12H2,1H3/q+1. The number of rotatable bonds is 10. The van der Waals surface area contributed by atoms with Crippen molar-refractivity contribution in [1.29, 1.82) is 0 Å². The zero-order valence-electron chi connectivity index (χ0n) is 13.3. The molecule has 0 aliphatic heterocycles. The Bertz CT molecular complexity index is 596. The molecule has 0 spiro atoms. The molecule has 0 saturated heterocycles. The van der Waals surface area contributed by atoms with Gasteiger partial charge in [-0.05, 0) is 28.4 Å². The zero-order valence-corrected chi connectivity index (χ0v) is 15.7. The van der Waals surface area contributed by atoms with E-state index in [2.05, 4.69) is 45.1 Å². The van der Waals surface area contributed by atoms with E-state index in [9.17, 15) is 4.79 Å². The topological polar surface area (TPSA) is 20.9 Å². The Balaban J connectivity index is 1.89. The number of hydrogen-bond acceptors (Lipinski definition) is 2. The van der Waals surface area contributed by atoms with Crippen LogP contribution in [0.1, 0.15) is 64.3 Å². The first-order valence-corrected chi connectivity index (χ1v) is 9.98. The van der Waals surface area contributed by atoms with Crippen LogP contribution in [0, 0.1) is 0 Å². The van der Waals surface area contributed by atoms with Gasteiger partial charge in [0.15, 0.2) is 0 Å². The van der Waals surface area contributed by atoms with Gasteiger partial charge in [-0.15, -0.1) is 0 Å². The van der Waals surface area contributed by atoms with Crippen molar-refractivity contribution in [3.63, 3.8) is 0 Å². The number of para-hydroxylation sites is 1. The number of aromatic nitrogens is 1. The summed E-state index contributed by atoms with van der Waals surface area (Å²) in [5.41, 5.74) is 3.24. The van der Waals surface area contributed by atoms with Gasteiger partial charge in [-0.25, -0.2) is 0 Å². The van der Waals surface area contributed by atoms with E-state index >= 15 is 0 Å². The van der Waals surface area contributed by atoms with Crippen molar-refractivity contribution < 1.29 is 9.36 Å². The Kier molecular flexibility index (Phi) is 7.53. The average Bonchev–Trinajstić information content (AvgIpc) is 2.93. The van der Waals surface area contributed by atoms with Crippen LogP contribution in [-0.4, -0.2) is 4.69 Å². The lowest BCUT2D eigenvalue weighted by molar-refractivity contribution is -0.679. The number of carbonyl (C=O) groups excluding carboxylic acids is 1. The summed E-state index contributed by atoms with van der Waals surface area (Å²) in [5.74, 6) is 0. The van der Waals surface area contributed by atoms with Gasteiger partial charge in [0.05, 0.1) is 0 Å². The predicted octanol–water partition coefficient (Wildman–Crippen LogP) is 5.79. The molecule has 2 aromatic rings. The van der Waals surface area contributed by atoms with Crippen molar-refractivity contribution in [2.45, 2.75) is 64.3 Å². The Labute approximate surface area is 145 Å². The second-order valence-corrected chi connectivity index (χ2v) is 7.50. The van der Waals surface area contributed by atoms with E-state index in [4.69, 9.17) is 0 Å². The van der Waals surface area contributed by atoms with Crippen molar-refractivity contribution >= 4 is 42.2 Å². The van der Waals surface area contributed by atoms with Crippen molar-refractivity contribution in [3.8, 4) is 0 Å². The highest BCUT2D eigenvalue weighted by molar-refractivity contribution is 9.18. The minimum absolute atomic E-state index is 0.0770. The van der Waals surface area contributed by atoms with Gasteiger partial charge in [-0.3, -0.25) is 4.79 Å². The molecular formula is C18H25BrNOS+. The monoisotopic (exact) mass is 382 g/mol. The van der Waals surface area contributed by atoms with E-state index in [1.165, 1.54) is 43.2 Å². The Hall–Kier alpha value is -0.740. The third kappa shape index (κ3) is 4.88. The lowest BCUT2D eigenvalue weighted by Crippen LogP contribution is -2.41. The molecule has 0 fully saturated rings. The predicted molar refractivity (Wildman–Crippen MR) is 97.6 cm³/mol. The summed E-state index contributed by atoms with van der Waals surface area (Å²) >= 11 is 4.90. The van der Waals surface area contributed by atoms with Crippen LogP contribution in [0.2, 0.25) is 0 Å². The first-order valence-electron chi connectivity index (χ1n) is 8.30. The van der Waals surface area contributed by atoms with Crippen molar-refractivity contribution in [3.05, 3.63) is 29.8 Å². The summed E-state index contributed by atoms with van der Waals surface area (Å²) in [6.07, 6.45) is 9.87. The maximum atomic E-state index is 12.0. The van der Waals surface area contributed by atoms with E-state index in [0.717, 1.165) is 18.4 Å². The van der Waals surface area contributed by atoms with Gasteiger partial charge in [0.2, 0.25) is 17.1 Å². The summed E-state index contributed by atoms with van der Waals surface area (Å²) in [4.78, 5) is 12.0. The van der Waals surface area contributed by atoms with Gasteiger partial charge < -0.3 is 0 Å². The maximum Gasteiger partial charge on any atom is 0.265 e.